The number of aryl methyl sites for hydroxylation is 2. The van der Waals surface area contributed by atoms with Gasteiger partial charge in [-0.25, -0.2) is 4.79 Å². The van der Waals surface area contributed by atoms with Gasteiger partial charge in [0.2, 0.25) is 0 Å². The molecule has 0 unspecified atom stereocenters. The number of aliphatic hydroxyl groups excluding tert-OH is 1. The van der Waals surface area contributed by atoms with Crippen LogP contribution in [0.1, 0.15) is 47.1 Å². The maximum Gasteiger partial charge on any atom is 0.406 e. The molecule has 0 saturated heterocycles. The molecule has 1 heterocycles. The van der Waals surface area contributed by atoms with Crippen LogP contribution in [0.4, 0.5) is 4.79 Å². The number of benzene rings is 3. The highest BCUT2D eigenvalue weighted by Crippen LogP contribution is 2.36. The molecule has 0 spiro atoms. The molecule has 1 atom stereocenters. The van der Waals surface area contributed by atoms with Crippen LogP contribution in [0.25, 0.3) is 5.57 Å². The Hall–Kier alpha value is -4.05. The summed E-state index contributed by atoms with van der Waals surface area (Å²) in [7, 11) is 1.52. The molecule has 10 heteroatoms. The summed E-state index contributed by atoms with van der Waals surface area (Å²) in [6, 6.07) is 19.2. The first-order valence-corrected chi connectivity index (χ1v) is 16.6. The topological polar surface area (TPSA) is 109 Å². The van der Waals surface area contributed by atoms with E-state index in [1.54, 1.807) is 0 Å². The number of nitrogens with one attached hydrogen (secondary N) is 2. The van der Waals surface area contributed by atoms with E-state index in [-0.39, 0.29) is 25.2 Å². The normalized spacial score (nSPS) is 16.1. The maximum absolute atomic E-state index is 14.4. The predicted molar refractivity (Wildman–Crippen MR) is 183 cm³/mol. The Morgan fingerprint density at radius 3 is 2.40 bits per heavy atom. The molecule has 1 fully saturated rings. The number of carbonyl (C=O) groups excluding carboxylic acids is 2. The lowest BCUT2D eigenvalue weighted by Gasteiger charge is -2.33. The van der Waals surface area contributed by atoms with Crippen molar-refractivity contribution in [1.82, 2.24) is 15.5 Å². The molecule has 3 aromatic carbocycles. The van der Waals surface area contributed by atoms with Gasteiger partial charge in [0.1, 0.15) is 24.7 Å². The zero-order valence-corrected chi connectivity index (χ0v) is 28.1. The Labute approximate surface area is 281 Å². The van der Waals surface area contributed by atoms with E-state index < -0.39 is 12.1 Å². The first kappa shape index (κ1) is 34.3. The van der Waals surface area contributed by atoms with Crippen LogP contribution in [0, 0.1) is 13.8 Å². The van der Waals surface area contributed by atoms with Crippen LogP contribution in [0.3, 0.4) is 0 Å². The van der Waals surface area contributed by atoms with Crippen molar-refractivity contribution in [3.05, 3.63) is 99.1 Å². The van der Waals surface area contributed by atoms with Gasteiger partial charge in [0.25, 0.3) is 5.91 Å². The molecule has 1 aliphatic heterocycles. The van der Waals surface area contributed by atoms with E-state index in [9.17, 15) is 14.7 Å². The molecular weight excluding hydrogens is 618 g/mol. The minimum absolute atomic E-state index is 0.0952. The first-order chi connectivity index (χ1) is 22.8. The fourth-order valence-corrected chi connectivity index (χ4v) is 6.14. The highest BCUT2D eigenvalue weighted by atomic mass is 35.5. The number of carbonyl (C=O) groups is 2. The lowest BCUT2D eigenvalue weighted by atomic mass is 9.88. The molecule has 47 heavy (non-hydrogen) atoms. The molecule has 250 valence electrons. The zero-order valence-electron chi connectivity index (χ0n) is 27.3. The SMILES string of the molecule is CNC(=O)OCCc1ccc(Cl)c(CN(C(=O)C2=C(c3ccc(OCCOc4c(C)cccc4C)cc3)CCN[C@@H]2CO)C2CC2)c1. The second-order valence-electron chi connectivity index (χ2n) is 12.0. The molecule has 0 aromatic heterocycles. The summed E-state index contributed by atoms with van der Waals surface area (Å²) >= 11 is 6.63. The number of amides is 2. The third-order valence-corrected chi connectivity index (χ3v) is 8.96. The summed E-state index contributed by atoms with van der Waals surface area (Å²) in [5.41, 5.74) is 6.43. The van der Waals surface area contributed by atoms with Gasteiger partial charge in [0.15, 0.2) is 0 Å². The molecule has 2 amide bonds. The number of hydrogen-bond donors (Lipinski definition) is 3. The second kappa shape index (κ2) is 16.2. The van der Waals surface area contributed by atoms with Crippen molar-refractivity contribution in [2.24, 2.45) is 0 Å². The minimum Gasteiger partial charge on any atom is -0.490 e. The smallest absolute Gasteiger partial charge is 0.406 e. The molecule has 5 rings (SSSR count). The van der Waals surface area contributed by atoms with E-state index >= 15 is 0 Å². The summed E-state index contributed by atoms with van der Waals surface area (Å²) in [4.78, 5) is 27.7. The van der Waals surface area contributed by atoms with Crippen molar-refractivity contribution >= 4 is 29.2 Å². The molecular formula is C37H44ClN3O6. The highest BCUT2D eigenvalue weighted by Gasteiger charge is 2.38. The van der Waals surface area contributed by atoms with Gasteiger partial charge in [-0.1, -0.05) is 54.1 Å². The maximum atomic E-state index is 14.4. The van der Waals surface area contributed by atoms with Crippen LogP contribution in [0.15, 0.2) is 66.2 Å². The molecule has 1 aliphatic carbocycles. The highest BCUT2D eigenvalue weighted by molar-refractivity contribution is 6.31. The molecule has 3 aromatic rings. The first-order valence-electron chi connectivity index (χ1n) is 16.2. The van der Waals surface area contributed by atoms with Gasteiger partial charge >= 0.3 is 6.09 Å². The third kappa shape index (κ3) is 8.86. The number of para-hydroxylation sites is 1. The van der Waals surface area contributed by atoms with Crippen LogP contribution >= 0.6 is 11.6 Å². The Bertz CT molecular complexity index is 1570. The number of halogens is 1. The van der Waals surface area contributed by atoms with Crippen LogP contribution in [0.5, 0.6) is 11.5 Å². The van der Waals surface area contributed by atoms with E-state index in [1.165, 1.54) is 7.05 Å². The van der Waals surface area contributed by atoms with Crippen molar-refractivity contribution in [1.29, 1.82) is 0 Å². The third-order valence-electron chi connectivity index (χ3n) is 8.59. The van der Waals surface area contributed by atoms with Gasteiger partial charge in [-0.2, -0.15) is 0 Å². The van der Waals surface area contributed by atoms with Crippen LogP contribution < -0.4 is 20.1 Å². The van der Waals surface area contributed by atoms with Crippen molar-refractivity contribution in [2.75, 3.05) is 40.0 Å². The lowest BCUT2D eigenvalue weighted by Crippen LogP contribution is -2.46. The number of hydrogen-bond acceptors (Lipinski definition) is 7. The zero-order chi connectivity index (χ0) is 33.3. The molecule has 9 nitrogen and oxygen atoms in total. The summed E-state index contributed by atoms with van der Waals surface area (Å²) in [5, 5.41) is 16.7. The van der Waals surface area contributed by atoms with Gasteiger partial charge in [-0.3, -0.25) is 4.79 Å². The van der Waals surface area contributed by atoms with Crippen LogP contribution in [-0.4, -0.2) is 74.1 Å². The van der Waals surface area contributed by atoms with Crippen LogP contribution in [0.2, 0.25) is 5.02 Å². The Balaban J connectivity index is 1.30. The lowest BCUT2D eigenvalue weighted by molar-refractivity contribution is -0.128. The Morgan fingerprint density at radius 1 is 1.00 bits per heavy atom. The van der Waals surface area contributed by atoms with Crippen molar-refractivity contribution in [3.8, 4) is 11.5 Å². The molecule has 2 aliphatic rings. The van der Waals surface area contributed by atoms with E-state index in [2.05, 4.69) is 10.6 Å². The number of aliphatic hydroxyl groups is 1. The summed E-state index contributed by atoms with van der Waals surface area (Å²) in [5.74, 6) is 1.51. The van der Waals surface area contributed by atoms with Gasteiger partial charge in [-0.05, 0) is 91.2 Å². The minimum atomic E-state index is -0.478. The van der Waals surface area contributed by atoms with Gasteiger partial charge in [0.05, 0.1) is 19.3 Å². The number of rotatable bonds is 14. The number of nitrogens with zero attached hydrogens (tertiary/aromatic N) is 1. The fourth-order valence-electron chi connectivity index (χ4n) is 5.96. The quantitative estimate of drug-likeness (QED) is 0.193. The van der Waals surface area contributed by atoms with Gasteiger partial charge < -0.3 is 34.9 Å². The standard InChI is InChI=1S/C37H44ClN3O6/c1-24-5-4-6-25(2)35(24)46-20-19-45-30-12-8-27(9-13-30)31-15-17-40-33(23-42)34(31)36(43)41(29-10-11-29)22-28-21-26(7-14-32(28)38)16-18-47-37(44)39-3/h4-9,12-14,21,29,33,40,42H,10-11,15-20,22-23H2,1-3H3,(H,39,44)/t33-/m1/s1. The van der Waals surface area contributed by atoms with Gasteiger partial charge in [0, 0.05) is 36.7 Å². The predicted octanol–water partition coefficient (Wildman–Crippen LogP) is 5.61. The van der Waals surface area contributed by atoms with Crippen molar-refractivity contribution < 1.29 is 28.9 Å². The van der Waals surface area contributed by atoms with E-state index in [4.69, 9.17) is 25.8 Å². The number of alkyl carbamates (subject to hydrolysis) is 1. The Morgan fingerprint density at radius 2 is 1.72 bits per heavy atom. The summed E-state index contributed by atoms with van der Waals surface area (Å²) < 4.78 is 17.1. The van der Waals surface area contributed by atoms with Crippen molar-refractivity contribution in [2.45, 2.75) is 58.2 Å². The van der Waals surface area contributed by atoms with E-state index in [0.29, 0.717) is 49.7 Å². The van der Waals surface area contributed by atoms with Gasteiger partial charge in [-0.15, -0.1) is 0 Å². The molecule has 0 bridgehead atoms. The van der Waals surface area contributed by atoms with E-state index in [0.717, 1.165) is 57.7 Å². The molecule has 3 N–H and O–H groups in total. The summed E-state index contributed by atoms with van der Waals surface area (Å²) in [6.07, 6.45) is 2.54. The Kier molecular flexibility index (Phi) is 11.8. The average molecular weight is 662 g/mol. The second-order valence-corrected chi connectivity index (χ2v) is 12.4. The molecule has 1 saturated carbocycles. The average Bonchev–Trinajstić information content (AvgIpc) is 3.93. The van der Waals surface area contributed by atoms with Crippen LogP contribution in [-0.2, 0) is 22.5 Å². The van der Waals surface area contributed by atoms with E-state index in [1.807, 2.05) is 79.4 Å². The summed E-state index contributed by atoms with van der Waals surface area (Å²) in [6.45, 7) is 5.93. The molecule has 0 radical (unpaired) electrons. The number of ether oxygens (including phenoxy) is 3. The monoisotopic (exact) mass is 661 g/mol. The largest absolute Gasteiger partial charge is 0.490 e. The van der Waals surface area contributed by atoms with Crippen molar-refractivity contribution in [3.63, 3.8) is 0 Å². The fraction of sp³-hybridized carbons (Fsp3) is 0.405.